The molecule has 0 atom stereocenters. The number of carbonyl (C=O) groups is 1. The molecule has 1 rings (SSSR count). The third kappa shape index (κ3) is 3.98. The summed E-state index contributed by atoms with van der Waals surface area (Å²) in [7, 11) is 1.93. The molecule has 1 fully saturated rings. The van der Waals surface area contributed by atoms with Gasteiger partial charge in [-0.2, -0.15) is 0 Å². The first-order valence-electron chi connectivity index (χ1n) is 7.24. The van der Waals surface area contributed by atoms with E-state index in [1.807, 2.05) is 7.05 Å². The number of hydrogen-bond acceptors (Lipinski definition) is 2. The maximum Gasteiger partial charge on any atom is 0.227 e. The smallest absolute Gasteiger partial charge is 0.227 e. The summed E-state index contributed by atoms with van der Waals surface area (Å²) in [6.07, 6.45) is 4.39. The van der Waals surface area contributed by atoms with Gasteiger partial charge in [0.05, 0.1) is 5.41 Å². The maximum absolute atomic E-state index is 12.3. The number of carbonyl (C=O) groups excluding carboxylic acids is 1. The Bertz CT molecular complexity index is 280. The van der Waals surface area contributed by atoms with Crippen LogP contribution < -0.4 is 10.6 Å². The lowest BCUT2D eigenvalue weighted by Gasteiger charge is -2.41. The molecule has 3 nitrogen and oxygen atoms in total. The highest BCUT2D eigenvalue weighted by molar-refractivity contribution is 5.83. The van der Waals surface area contributed by atoms with E-state index in [9.17, 15) is 4.79 Å². The van der Waals surface area contributed by atoms with E-state index in [4.69, 9.17) is 0 Å². The van der Waals surface area contributed by atoms with Crippen molar-refractivity contribution in [3.05, 3.63) is 0 Å². The topological polar surface area (TPSA) is 41.1 Å². The molecule has 18 heavy (non-hydrogen) atoms. The molecule has 0 aliphatic heterocycles. The van der Waals surface area contributed by atoms with E-state index in [0.717, 1.165) is 32.4 Å². The summed E-state index contributed by atoms with van der Waals surface area (Å²) < 4.78 is 0. The predicted octanol–water partition coefficient (Wildman–Crippen LogP) is 2.56. The van der Waals surface area contributed by atoms with Crippen molar-refractivity contribution in [2.75, 3.05) is 20.1 Å². The number of amides is 1. The van der Waals surface area contributed by atoms with Gasteiger partial charge >= 0.3 is 0 Å². The Morgan fingerprint density at radius 3 is 2.33 bits per heavy atom. The Morgan fingerprint density at radius 1 is 1.33 bits per heavy atom. The van der Waals surface area contributed by atoms with Crippen molar-refractivity contribution in [1.29, 1.82) is 0 Å². The van der Waals surface area contributed by atoms with E-state index in [1.54, 1.807) is 0 Å². The van der Waals surface area contributed by atoms with Crippen LogP contribution >= 0.6 is 0 Å². The number of rotatable bonds is 7. The van der Waals surface area contributed by atoms with Crippen LogP contribution in [0, 0.1) is 16.7 Å². The monoisotopic (exact) mass is 254 g/mol. The molecule has 0 aromatic heterocycles. The molecule has 0 saturated heterocycles. The molecule has 1 aliphatic carbocycles. The lowest BCUT2D eigenvalue weighted by molar-refractivity contribution is -0.136. The molecule has 0 spiro atoms. The van der Waals surface area contributed by atoms with E-state index in [1.165, 1.54) is 6.42 Å². The van der Waals surface area contributed by atoms with Crippen molar-refractivity contribution in [3.8, 4) is 0 Å². The zero-order valence-electron chi connectivity index (χ0n) is 12.7. The third-order valence-corrected chi connectivity index (χ3v) is 4.00. The largest absolute Gasteiger partial charge is 0.355 e. The summed E-state index contributed by atoms with van der Waals surface area (Å²) in [5.41, 5.74) is 0.0665. The summed E-state index contributed by atoms with van der Waals surface area (Å²) >= 11 is 0. The summed E-state index contributed by atoms with van der Waals surface area (Å²) in [5.74, 6) is 0.923. The van der Waals surface area contributed by atoms with Crippen molar-refractivity contribution in [3.63, 3.8) is 0 Å². The second kappa shape index (κ2) is 6.05. The predicted molar refractivity (Wildman–Crippen MR) is 76.5 cm³/mol. The Morgan fingerprint density at radius 2 is 1.94 bits per heavy atom. The minimum absolute atomic E-state index is 0.122. The van der Waals surface area contributed by atoms with Crippen LogP contribution in [0.5, 0.6) is 0 Å². The summed E-state index contributed by atoms with van der Waals surface area (Å²) in [5, 5.41) is 6.34. The van der Waals surface area contributed by atoms with Crippen molar-refractivity contribution in [2.45, 2.75) is 53.4 Å². The van der Waals surface area contributed by atoms with Gasteiger partial charge in [0, 0.05) is 13.1 Å². The minimum atomic E-state index is -0.122. The van der Waals surface area contributed by atoms with Gasteiger partial charge in [0.2, 0.25) is 5.91 Å². The highest BCUT2D eigenvalue weighted by Gasteiger charge is 2.43. The first-order chi connectivity index (χ1) is 8.31. The third-order valence-electron chi connectivity index (χ3n) is 4.00. The highest BCUT2D eigenvalue weighted by atomic mass is 16.2. The average Bonchev–Trinajstić information content (AvgIpc) is 2.18. The van der Waals surface area contributed by atoms with Gasteiger partial charge in [-0.1, -0.05) is 34.1 Å². The first-order valence-corrected chi connectivity index (χ1v) is 7.24. The standard InChI is InChI=1S/C15H30N2O/c1-12(2)9-14(3,4)10-17-13(18)15(11-16-5)7-6-8-15/h12,16H,6-11H2,1-5H3,(H,17,18). The van der Waals surface area contributed by atoms with Crippen LogP contribution in [0.3, 0.4) is 0 Å². The zero-order chi connectivity index (χ0) is 13.8. The van der Waals surface area contributed by atoms with E-state index in [2.05, 4.69) is 38.3 Å². The maximum atomic E-state index is 12.3. The van der Waals surface area contributed by atoms with Crippen molar-refractivity contribution >= 4 is 5.91 Å². The second-order valence-corrected chi connectivity index (χ2v) is 7.11. The molecule has 0 aromatic carbocycles. The molecule has 2 N–H and O–H groups in total. The van der Waals surface area contributed by atoms with Gasteiger partial charge in [0.1, 0.15) is 0 Å². The molecule has 1 amide bonds. The molecular weight excluding hydrogens is 224 g/mol. The van der Waals surface area contributed by atoms with Crippen LogP contribution in [0.15, 0.2) is 0 Å². The molecule has 0 heterocycles. The van der Waals surface area contributed by atoms with E-state index in [0.29, 0.717) is 5.92 Å². The molecule has 3 heteroatoms. The first kappa shape index (κ1) is 15.5. The van der Waals surface area contributed by atoms with Gasteiger partial charge in [-0.05, 0) is 37.6 Å². The summed E-state index contributed by atoms with van der Waals surface area (Å²) in [4.78, 5) is 12.3. The molecule has 0 bridgehead atoms. The van der Waals surface area contributed by atoms with E-state index < -0.39 is 0 Å². The van der Waals surface area contributed by atoms with Gasteiger partial charge < -0.3 is 10.6 Å². The Hall–Kier alpha value is -0.570. The van der Waals surface area contributed by atoms with Gasteiger partial charge in [-0.3, -0.25) is 4.79 Å². The SMILES string of the molecule is CNCC1(C(=O)NCC(C)(C)CC(C)C)CCC1. The molecule has 1 saturated carbocycles. The summed E-state index contributed by atoms with van der Waals surface area (Å²) in [6.45, 7) is 10.5. The fourth-order valence-corrected chi connectivity index (χ4v) is 3.11. The zero-order valence-corrected chi connectivity index (χ0v) is 12.7. The van der Waals surface area contributed by atoms with Crippen molar-refractivity contribution < 1.29 is 4.79 Å². The average molecular weight is 254 g/mol. The van der Waals surface area contributed by atoms with Gasteiger partial charge in [-0.25, -0.2) is 0 Å². The van der Waals surface area contributed by atoms with Gasteiger partial charge in [-0.15, -0.1) is 0 Å². The van der Waals surface area contributed by atoms with Crippen LogP contribution in [0.1, 0.15) is 53.4 Å². The molecule has 0 aromatic rings. The fourth-order valence-electron chi connectivity index (χ4n) is 3.11. The van der Waals surface area contributed by atoms with Gasteiger partial charge in [0.15, 0.2) is 0 Å². The van der Waals surface area contributed by atoms with E-state index >= 15 is 0 Å². The summed E-state index contributed by atoms with van der Waals surface area (Å²) in [6, 6.07) is 0. The van der Waals surface area contributed by atoms with Crippen molar-refractivity contribution in [1.82, 2.24) is 10.6 Å². The molecule has 1 aliphatic rings. The lowest BCUT2D eigenvalue weighted by atomic mass is 9.68. The highest BCUT2D eigenvalue weighted by Crippen LogP contribution is 2.40. The Labute approximate surface area is 112 Å². The fraction of sp³-hybridized carbons (Fsp3) is 0.933. The van der Waals surface area contributed by atoms with Crippen LogP contribution in [-0.2, 0) is 4.79 Å². The lowest BCUT2D eigenvalue weighted by Crippen LogP contribution is -2.52. The Balaban J connectivity index is 2.45. The number of nitrogens with one attached hydrogen (secondary N) is 2. The Kier molecular flexibility index (Phi) is 5.20. The van der Waals surface area contributed by atoms with Crippen molar-refractivity contribution in [2.24, 2.45) is 16.7 Å². The molecule has 0 radical (unpaired) electrons. The van der Waals surface area contributed by atoms with Crippen LogP contribution in [0.25, 0.3) is 0 Å². The second-order valence-electron chi connectivity index (χ2n) is 7.11. The number of hydrogen-bond donors (Lipinski definition) is 2. The van der Waals surface area contributed by atoms with Crippen LogP contribution in [-0.4, -0.2) is 26.0 Å². The normalized spacial score (nSPS) is 18.6. The molecular formula is C15H30N2O. The molecule has 106 valence electrons. The van der Waals surface area contributed by atoms with E-state index in [-0.39, 0.29) is 16.7 Å². The minimum Gasteiger partial charge on any atom is -0.355 e. The van der Waals surface area contributed by atoms with Gasteiger partial charge in [0.25, 0.3) is 0 Å². The van der Waals surface area contributed by atoms with Crippen LogP contribution in [0.2, 0.25) is 0 Å². The van der Waals surface area contributed by atoms with Crippen LogP contribution in [0.4, 0.5) is 0 Å². The molecule has 0 unspecified atom stereocenters. The quantitative estimate of drug-likeness (QED) is 0.733.